The molecule has 0 saturated carbocycles. The number of hydrogen-bond acceptors (Lipinski definition) is 8. The number of allylic oxidation sites excluding steroid dienone is 1. The lowest BCUT2D eigenvalue weighted by Gasteiger charge is -2.27. The number of ether oxygens (including phenoxy) is 3. The van der Waals surface area contributed by atoms with Gasteiger partial charge in [0.25, 0.3) is 5.56 Å². The second-order valence-corrected chi connectivity index (χ2v) is 11.3. The van der Waals surface area contributed by atoms with E-state index in [0.29, 0.717) is 58.2 Å². The Bertz CT molecular complexity index is 1930. The van der Waals surface area contributed by atoms with Crippen LogP contribution in [0.3, 0.4) is 0 Å². The molecule has 222 valence electrons. The number of rotatable bonds is 7. The van der Waals surface area contributed by atoms with E-state index >= 15 is 0 Å². The molecule has 2 aromatic carbocycles. The second-order valence-electron chi connectivity index (χ2n) is 10.3. The first-order valence-corrected chi connectivity index (χ1v) is 15.0. The molecule has 2 aromatic heterocycles. The van der Waals surface area contributed by atoms with E-state index in [-0.39, 0.29) is 24.6 Å². The lowest BCUT2D eigenvalue weighted by molar-refractivity contribution is -0.139. The summed E-state index contributed by atoms with van der Waals surface area (Å²) in [5, 5.41) is 0.924. The quantitative estimate of drug-likeness (QED) is 0.302. The molecule has 4 heterocycles. The van der Waals surface area contributed by atoms with Gasteiger partial charge in [-0.05, 0) is 32.1 Å². The number of nitrogens with zero attached hydrogens (tertiary/aromatic N) is 4. The van der Waals surface area contributed by atoms with E-state index in [1.54, 1.807) is 31.6 Å². The summed E-state index contributed by atoms with van der Waals surface area (Å²) in [6.45, 7) is 6.10. The highest BCUT2D eigenvalue weighted by atomic mass is 32.1. The number of thiazole rings is 1. The van der Waals surface area contributed by atoms with Gasteiger partial charge in [-0.2, -0.15) is 0 Å². The molecule has 0 N–H and O–H groups in total. The topological polar surface area (TPSA) is 104 Å². The van der Waals surface area contributed by atoms with Crippen LogP contribution in [0.15, 0.2) is 75.8 Å². The van der Waals surface area contributed by atoms with Crippen molar-refractivity contribution in [2.24, 2.45) is 4.99 Å². The van der Waals surface area contributed by atoms with Gasteiger partial charge in [0, 0.05) is 41.3 Å². The van der Waals surface area contributed by atoms with E-state index in [0.717, 1.165) is 16.5 Å². The summed E-state index contributed by atoms with van der Waals surface area (Å²) in [5.74, 6) is 0.0438. The normalized spacial score (nSPS) is 17.1. The Morgan fingerprint density at radius 2 is 1.86 bits per heavy atom. The average molecular weight is 601 g/mol. The van der Waals surface area contributed by atoms with E-state index in [1.165, 1.54) is 11.3 Å². The summed E-state index contributed by atoms with van der Waals surface area (Å²) in [7, 11) is 1.56. The first-order chi connectivity index (χ1) is 20.9. The van der Waals surface area contributed by atoms with Gasteiger partial charge in [0.1, 0.15) is 18.3 Å². The van der Waals surface area contributed by atoms with Gasteiger partial charge in [-0.1, -0.05) is 47.7 Å². The number of benzene rings is 2. The zero-order valence-corrected chi connectivity index (χ0v) is 25.1. The number of methoxy groups -OCH3 is 1. The average Bonchev–Trinajstić information content (AvgIpc) is 3.52. The summed E-state index contributed by atoms with van der Waals surface area (Å²) >= 11 is 1.26. The molecule has 0 spiro atoms. The molecule has 1 amide bonds. The first-order valence-electron chi connectivity index (χ1n) is 14.2. The van der Waals surface area contributed by atoms with Crippen LogP contribution in [0.4, 0.5) is 0 Å². The minimum atomic E-state index is -0.777. The minimum absolute atomic E-state index is 0.0220. The van der Waals surface area contributed by atoms with Gasteiger partial charge < -0.3 is 23.7 Å². The fraction of sp³-hybridized carbons (Fsp3) is 0.312. The van der Waals surface area contributed by atoms with Gasteiger partial charge >= 0.3 is 5.97 Å². The Kier molecular flexibility index (Phi) is 8.00. The number of carbonyl (C=O) groups is 2. The Hall–Kier alpha value is -4.48. The summed E-state index contributed by atoms with van der Waals surface area (Å²) < 4.78 is 20.4. The summed E-state index contributed by atoms with van der Waals surface area (Å²) in [6.07, 6.45) is 3.75. The van der Waals surface area contributed by atoms with Crippen LogP contribution < -0.4 is 19.6 Å². The molecule has 1 saturated heterocycles. The van der Waals surface area contributed by atoms with E-state index in [9.17, 15) is 14.4 Å². The predicted octanol–water partition coefficient (Wildman–Crippen LogP) is 2.62. The third kappa shape index (κ3) is 5.30. The maximum Gasteiger partial charge on any atom is 0.338 e. The molecule has 0 radical (unpaired) electrons. The zero-order chi connectivity index (χ0) is 30.1. The van der Waals surface area contributed by atoms with Crippen molar-refractivity contribution < 1.29 is 23.8 Å². The highest BCUT2D eigenvalue weighted by Crippen LogP contribution is 2.35. The maximum atomic E-state index is 14.1. The van der Waals surface area contributed by atoms with Crippen molar-refractivity contribution in [2.45, 2.75) is 26.4 Å². The number of carbonyl (C=O) groups excluding carboxylic acids is 2. The van der Waals surface area contributed by atoms with Crippen LogP contribution in [0, 0.1) is 0 Å². The van der Waals surface area contributed by atoms with E-state index in [4.69, 9.17) is 14.2 Å². The molecule has 11 heteroatoms. The lowest BCUT2D eigenvalue weighted by atomic mass is 9.95. The molecule has 4 aromatic rings. The number of para-hydroxylation sites is 2. The van der Waals surface area contributed by atoms with Crippen LogP contribution in [0.5, 0.6) is 5.75 Å². The van der Waals surface area contributed by atoms with Crippen molar-refractivity contribution in [2.75, 3.05) is 40.0 Å². The number of fused-ring (bicyclic) bond motifs is 2. The second kappa shape index (κ2) is 12.0. The summed E-state index contributed by atoms with van der Waals surface area (Å²) in [6, 6.07) is 14.4. The molecule has 0 aliphatic carbocycles. The molecule has 6 rings (SSSR count). The van der Waals surface area contributed by atoms with Crippen molar-refractivity contribution >= 4 is 40.2 Å². The molecule has 2 aliphatic rings. The fourth-order valence-corrected chi connectivity index (χ4v) is 6.74. The van der Waals surface area contributed by atoms with Crippen molar-refractivity contribution in [1.29, 1.82) is 0 Å². The van der Waals surface area contributed by atoms with Gasteiger partial charge in [0.05, 0.1) is 42.7 Å². The summed E-state index contributed by atoms with van der Waals surface area (Å²) in [5.41, 5.74) is 2.87. The number of hydrogen-bond donors (Lipinski definition) is 0. The van der Waals surface area contributed by atoms with Gasteiger partial charge in [0.15, 0.2) is 4.80 Å². The van der Waals surface area contributed by atoms with Crippen LogP contribution in [-0.4, -0.2) is 65.9 Å². The fourth-order valence-electron chi connectivity index (χ4n) is 5.70. The molecular formula is C32H32N4O6S. The van der Waals surface area contributed by atoms with E-state index < -0.39 is 12.0 Å². The van der Waals surface area contributed by atoms with Crippen LogP contribution in [0.25, 0.3) is 17.0 Å². The van der Waals surface area contributed by atoms with Crippen LogP contribution >= 0.6 is 11.3 Å². The van der Waals surface area contributed by atoms with Gasteiger partial charge in [-0.3, -0.25) is 14.2 Å². The molecular weight excluding hydrogens is 568 g/mol. The third-order valence-corrected chi connectivity index (χ3v) is 8.71. The number of esters is 1. The van der Waals surface area contributed by atoms with Gasteiger partial charge in [-0.15, -0.1) is 0 Å². The molecule has 1 atom stereocenters. The molecule has 1 fully saturated rings. The standard InChI is InChI=1S/C32H32N4O6S/c1-4-42-31(39)28-20(2)33-32-36(29(28)23-10-6-8-12-25(23)40-3)30(38)26(43-32)17-21-18-35(24-11-7-5-9-22(21)24)19-27(37)34-13-15-41-16-14-34/h5-12,17-18,29H,4,13-16,19H2,1-3H3/b26-17+/t29-/m1/s1. The third-order valence-electron chi connectivity index (χ3n) is 7.73. The molecule has 43 heavy (non-hydrogen) atoms. The molecule has 0 unspecified atom stereocenters. The number of aromatic nitrogens is 2. The Balaban J connectivity index is 1.48. The molecule has 2 aliphatic heterocycles. The van der Waals surface area contributed by atoms with E-state index in [2.05, 4.69) is 4.99 Å². The zero-order valence-electron chi connectivity index (χ0n) is 24.2. The number of morpholine rings is 1. The Morgan fingerprint density at radius 1 is 1.12 bits per heavy atom. The smallest absolute Gasteiger partial charge is 0.338 e. The highest BCUT2D eigenvalue weighted by molar-refractivity contribution is 7.07. The van der Waals surface area contributed by atoms with Crippen LogP contribution in [0.1, 0.15) is 31.0 Å². The van der Waals surface area contributed by atoms with Gasteiger partial charge in [0.2, 0.25) is 5.91 Å². The predicted molar refractivity (Wildman–Crippen MR) is 163 cm³/mol. The monoisotopic (exact) mass is 600 g/mol. The van der Waals surface area contributed by atoms with Crippen molar-refractivity contribution in [3.63, 3.8) is 0 Å². The van der Waals surface area contributed by atoms with Crippen molar-refractivity contribution in [3.8, 4) is 5.75 Å². The van der Waals surface area contributed by atoms with Crippen LogP contribution in [-0.2, 0) is 25.6 Å². The van der Waals surface area contributed by atoms with Crippen LogP contribution in [0.2, 0.25) is 0 Å². The first kappa shape index (κ1) is 28.6. The SMILES string of the molecule is CCOC(=O)C1=C(C)N=c2s/c(=C/c3cn(CC(=O)N4CCOCC4)c4ccccc34)c(=O)n2[C@@H]1c1ccccc1OC. The Labute approximate surface area is 251 Å². The van der Waals surface area contributed by atoms with E-state index in [1.807, 2.05) is 64.2 Å². The number of amides is 1. The van der Waals surface area contributed by atoms with Gasteiger partial charge in [-0.25, -0.2) is 9.79 Å². The minimum Gasteiger partial charge on any atom is -0.496 e. The van der Waals surface area contributed by atoms with Crippen molar-refractivity contribution in [1.82, 2.24) is 14.0 Å². The highest BCUT2D eigenvalue weighted by Gasteiger charge is 2.35. The van der Waals surface area contributed by atoms with Crippen molar-refractivity contribution in [3.05, 3.63) is 96.8 Å². The maximum absolute atomic E-state index is 14.1. The molecule has 0 bridgehead atoms. The lowest BCUT2D eigenvalue weighted by Crippen LogP contribution is -2.42. The Morgan fingerprint density at radius 3 is 2.63 bits per heavy atom. The molecule has 10 nitrogen and oxygen atoms in total. The largest absolute Gasteiger partial charge is 0.496 e. The summed E-state index contributed by atoms with van der Waals surface area (Å²) in [4.78, 5) is 47.4.